The molecule has 0 aliphatic heterocycles. The molecule has 1 atom stereocenters. The fourth-order valence-electron chi connectivity index (χ4n) is 0.777. The van der Waals surface area contributed by atoms with E-state index in [0.29, 0.717) is 4.88 Å². The molecule has 0 aliphatic rings. The van der Waals surface area contributed by atoms with Crippen molar-refractivity contribution < 1.29 is 15.0 Å². The van der Waals surface area contributed by atoms with Crippen LogP contribution in [0.5, 0.6) is 0 Å². The molecule has 0 unspecified atom stereocenters. The number of hydrogen-bond donors (Lipinski definition) is 2. The van der Waals surface area contributed by atoms with Crippen LogP contribution in [0.1, 0.15) is 16.5 Å². The zero-order valence-corrected chi connectivity index (χ0v) is 6.76. The summed E-state index contributed by atoms with van der Waals surface area (Å²) in [5.74, 6) is -1.20. The first kappa shape index (κ1) is 8.23. The monoisotopic (exact) mass is 172 g/mol. The molecule has 1 rings (SSSR count). The van der Waals surface area contributed by atoms with E-state index in [-0.39, 0.29) is 0 Å². The first-order valence-electron chi connectivity index (χ1n) is 3.08. The molecule has 4 heteroatoms. The van der Waals surface area contributed by atoms with Gasteiger partial charge in [0.1, 0.15) is 0 Å². The van der Waals surface area contributed by atoms with Crippen molar-refractivity contribution in [2.75, 3.05) is 0 Å². The van der Waals surface area contributed by atoms with Crippen molar-refractivity contribution in [1.82, 2.24) is 0 Å². The van der Waals surface area contributed by atoms with E-state index in [9.17, 15) is 4.79 Å². The van der Waals surface area contributed by atoms with Gasteiger partial charge in [0.15, 0.2) is 6.10 Å². The van der Waals surface area contributed by atoms with Crippen molar-refractivity contribution in [3.05, 3.63) is 21.9 Å². The topological polar surface area (TPSA) is 57.5 Å². The van der Waals surface area contributed by atoms with Crippen molar-refractivity contribution in [2.45, 2.75) is 13.0 Å². The Labute approximate surface area is 67.9 Å². The molecule has 3 nitrogen and oxygen atoms in total. The molecule has 0 radical (unpaired) electrons. The van der Waals surface area contributed by atoms with Gasteiger partial charge < -0.3 is 10.2 Å². The number of thiophene rings is 1. The Morgan fingerprint density at radius 3 is 2.73 bits per heavy atom. The highest BCUT2D eigenvalue weighted by Crippen LogP contribution is 2.23. The number of rotatable bonds is 2. The van der Waals surface area contributed by atoms with Crippen molar-refractivity contribution in [1.29, 1.82) is 0 Å². The molecule has 0 amide bonds. The number of aliphatic carboxylic acids is 1. The highest BCUT2D eigenvalue weighted by Gasteiger charge is 2.18. The Kier molecular flexibility index (Phi) is 2.26. The second-order valence-corrected chi connectivity index (χ2v) is 3.16. The summed E-state index contributed by atoms with van der Waals surface area (Å²) in [6.45, 7) is 1.78. The van der Waals surface area contributed by atoms with Crippen molar-refractivity contribution in [3.8, 4) is 0 Å². The van der Waals surface area contributed by atoms with E-state index in [1.165, 1.54) is 11.3 Å². The first-order valence-corrected chi connectivity index (χ1v) is 3.95. The number of carbonyl (C=O) groups is 1. The maximum atomic E-state index is 10.3. The van der Waals surface area contributed by atoms with Crippen molar-refractivity contribution >= 4 is 17.3 Å². The molecular formula is C7H8O3S. The molecule has 1 aromatic heterocycles. The standard InChI is InChI=1S/C7H8O3S/c1-4-2-3-11-6(4)5(8)7(9)10/h2-3,5,8H,1H3,(H,9,10)/t5-/m0/s1. The molecule has 0 spiro atoms. The van der Waals surface area contributed by atoms with Crippen LogP contribution in [0.15, 0.2) is 11.4 Å². The molecule has 0 aromatic carbocycles. The first-order chi connectivity index (χ1) is 5.13. The number of aliphatic hydroxyl groups is 1. The van der Waals surface area contributed by atoms with Crippen LogP contribution in [0, 0.1) is 6.92 Å². The normalized spacial score (nSPS) is 12.9. The van der Waals surface area contributed by atoms with Crippen molar-refractivity contribution in [3.63, 3.8) is 0 Å². The van der Waals surface area contributed by atoms with E-state index >= 15 is 0 Å². The maximum Gasteiger partial charge on any atom is 0.338 e. The zero-order valence-electron chi connectivity index (χ0n) is 5.94. The summed E-state index contributed by atoms with van der Waals surface area (Å²) >= 11 is 1.26. The molecule has 0 fully saturated rings. The van der Waals surface area contributed by atoms with E-state index in [1.807, 2.05) is 0 Å². The molecule has 60 valence electrons. The van der Waals surface area contributed by atoms with Gasteiger partial charge in [-0.05, 0) is 23.9 Å². The van der Waals surface area contributed by atoms with Gasteiger partial charge in [-0.2, -0.15) is 0 Å². The Morgan fingerprint density at radius 1 is 1.73 bits per heavy atom. The summed E-state index contributed by atoms with van der Waals surface area (Å²) in [6.07, 6.45) is -1.37. The quantitative estimate of drug-likeness (QED) is 0.704. The van der Waals surface area contributed by atoms with Crippen LogP contribution in [-0.4, -0.2) is 16.2 Å². The van der Waals surface area contributed by atoms with Crippen LogP contribution in [-0.2, 0) is 4.79 Å². The van der Waals surface area contributed by atoms with E-state index in [1.54, 1.807) is 18.4 Å². The largest absolute Gasteiger partial charge is 0.479 e. The summed E-state index contributed by atoms with van der Waals surface area (Å²) in [7, 11) is 0. The average Bonchev–Trinajstić information content (AvgIpc) is 2.33. The molecule has 0 aliphatic carbocycles. The van der Waals surface area contributed by atoms with Gasteiger partial charge in [-0.15, -0.1) is 11.3 Å². The molecule has 0 saturated carbocycles. The number of aliphatic hydroxyl groups excluding tert-OH is 1. The average molecular weight is 172 g/mol. The third-order valence-electron chi connectivity index (χ3n) is 1.38. The molecular weight excluding hydrogens is 164 g/mol. The minimum atomic E-state index is -1.37. The van der Waals surface area contributed by atoms with Gasteiger partial charge in [0.2, 0.25) is 0 Å². The van der Waals surface area contributed by atoms with E-state index in [0.717, 1.165) is 5.56 Å². The zero-order chi connectivity index (χ0) is 8.43. The van der Waals surface area contributed by atoms with Crippen LogP contribution >= 0.6 is 11.3 Å². The molecule has 11 heavy (non-hydrogen) atoms. The number of carboxylic acids is 1. The Bertz CT molecular complexity index is 266. The summed E-state index contributed by atoms with van der Waals surface area (Å²) in [5, 5.41) is 19.3. The Morgan fingerprint density at radius 2 is 2.36 bits per heavy atom. The predicted molar refractivity (Wildman–Crippen MR) is 41.7 cm³/mol. The SMILES string of the molecule is Cc1ccsc1[C@H](O)C(=O)O. The lowest BCUT2D eigenvalue weighted by Crippen LogP contribution is -2.09. The van der Waals surface area contributed by atoms with Crippen LogP contribution in [0.2, 0.25) is 0 Å². The lowest BCUT2D eigenvalue weighted by atomic mass is 10.2. The third kappa shape index (κ3) is 1.58. The second-order valence-electron chi connectivity index (χ2n) is 2.21. The molecule has 1 aromatic rings. The molecule has 1 heterocycles. The number of hydrogen-bond acceptors (Lipinski definition) is 3. The summed E-state index contributed by atoms with van der Waals surface area (Å²) in [4.78, 5) is 10.8. The minimum Gasteiger partial charge on any atom is -0.479 e. The van der Waals surface area contributed by atoms with Gasteiger partial charge in [-0.25, -0.2) is 4.79 Å². The van der Waals surface area contributed by atoms with Gasteiger partial charge >= 0.3 is 5.97 Å². The summed E-state index contributed by atoms with van der Waals surface area (Å²) < 4.78 is 0. The van der Waals surface area contributed by atoms with Gasteiger partial charge in [-0.1, -0.05) is 0 Å². The van der Waals surface area contributed by atoms with Gasteiger partial charge in [-0.3, -0.25) is 0 Å². The third-order valence-corrected chi connectivity index (χ3v) is 2.46. The second kappa shape index (κ2) is 3.02. The predicted octanol–water partition coefficient (Wildman–Crippen LogP) is 1.17. The number of aryl methyl sites for hydroxylation is 1. The lowest BCUT2D eigenvalue weighted by Gasteiger charge is -2.02. The fourth-order valence-corrected chi connectivity index (χ4v) is 1.68. The molecule has 2 N–H and O–H groups in total. The van der Waals surface area contributed by atoms with Crippen LogP contribution in [0.4, 0.5) is 0 Å². The minimum absolute atomic E-state index is 0.512. The van der Waals surface area contributed by atoms with E-state index in [4.69, 9.17) is 10.2 Å². The highest BCUT2D eigenvalue weighted by atomic mass is 32.1. The van der Waals surface area contributed by atoms with Crippen molar-refractivity contribution in [2.24, 2.45) is 0 Å². The van der Waals surface area contributed by atoms with Gasteiger partial charge in [0.05, 0.1) is 0 Å². The summed E-state index contributed by atoms with van der Waals surface area (Å²) in [5.41, 5.74) is 0.824. The van der Waals surface area contributed by atoms with E-state index in [2.05, 4.69) is 0 Å². The van der Waals surface area contributed by atoms with E-state index < -0.39 is 12.1 Å². The summed E-state index contributed by atoms with van der Waals surface area (Å²) in [6, 6.07) is 1.78. The molecule has 0 saturated heterocycles. The van der Waals surface area contributed by atoms with Gasteiger partial charge in [0.25, 0.3) is 0 Å². The molecule has 0 bridgehead atoms. The van der Waals surface area contributed by atoms with Crippen LogP contribution < -0.4 is 0 Å². The number of carboxylic acid groups (broad SMARTS) is 1. The highest BCUT2D eigenvalue weighted by molar-refractivity contribution is 7.10. The smallest absolute Gasteiger partial charge is 0.338 e. The Hall–Kier alpha value is -0.870. The Balaban J connectivity index is 2.92. The van der Waals surface area contributed by atoms with Crippen LogP contribution in [0.3, 0.4) is 0 Å². The van der Waals surface area contributed by atoms with Crippen LogP contribution in [0.25, 0.3) is 0 Å². The maximum absolute atomic E-state index is 10.3. The fraction of sp³-hybridized carbons (Fsp3) is 0.286. The lowest BCUT2D eigenvalue weighted by molar-refractivity contribution is -0.146. The van der Waals surface area contributed by atoms with Gasteiger partial charge in [0, 0.05) is 4.88 Å².